The fourth-order valence-corrected chi connectivity index (χ4v) is 1.31. The lowest BCUT2D eigenvalue weighted by atomic mass is 9.77. The van der Waals surface area contributed by atoms with E-state index in [0.717, 1.165) is 5.57 Å². The fourth-order valence-electron chi connectivity index (χ4n) is 1.31. The molecular weight excluding hydrogens is 144 g/mol. The molecule has 1 aliphatic rings. The smallest absolute Gasteiger partial charge is 0.245 e. The van der Waals surface area contributed by atoms with Crippen molar-refractivity contribution < 1.29 is 9.59 Å². The molecule has 0 aromatic carbocycles. The molecule has 4 heteroatoms. The quantitative estimate of drug-likeness (QED) is 0.550. The summed E-state index contributed by atoms with van der Waals surface area (Å²) < 4.78 is 0. The standard InChI is InChI=1S/C7H10N2O2/c1-3-2-4(6(8)10)5(3)7(9)11/h4H,2H2,1H3,(H2,8,10)(H2,9,11). The summed E-state index contributed by atoms with van der Waals surface area (Å²) in [5.74, 6) is -1.44. The van der Waals surface area contributed by atoms with Gasteiger partial charge in [0.25, 0.3) is 0 Å². The van der Waals surface area contributed by atoms with Crippen molar-refractivity contribution in [1.29, 1.82) is 0 Å². The van der Waals surface area contributed by atoms with Gasteiger partial charge < -0.3 is 11.5 Å². The van der Waals surface area contributed by atoms with Gasteiger partial charge in [0.05, 0.1) is 5.92 Å². The molecule has 1 unspecified atom stereocenters. The van der Waals surface area contributed by atoms with Crippen molar-refractivity contribution in [1.82, 2.24) is 0 Å². The summed E-state index contributed by atoms with van der Waals surface area (Å²) in [5.41, 5.74) is 11.3. The summed E-state index contributed by atoms with van der Waals surface area (Å²) >= 11 is 0. The summed E-state index contributed by atoms with van der Waals surface area (Å²) in [7, 11) is 0. The second-order valence-electron chi connectivity index (χ2n) is 2.72. The van der Waals surface area contributed by atoms with Crippen LogP contribution < -0.4 is 11.5 Å². The Balaban J connectivity index is 2.84. The van der Waals surface area contributed by atoms with Crippen LogP contribution in [0.2, 0.25) is 0 Å². The molecule has 60 valence electrons. The van der Waals surface area contributed by atoms with Crippen molar-refractivity contribution >= 4 is 11.8 Å². The van der Waals surface area contributed by atoms with Gasteiger partial charge in [-0.15, -0.1) is 0 Å². The second kappa shape index (κ2) is 2.38. The average Bonchev–Trinajstić information content (AvgIpc) is 1.80. The summed E-state index contributed by atoms with van der Waals surface area (Å²) in [6, 6.07) is 0. The number of nitrogens with two attached hydrogens (primary N) is 2. The molecule has 2 amide bonds. The Bertz CT molecular complexity index is 255. The first-order valence-electron chi connectivity index (χ1n) is 3.32. The first kappa shape index (κ1) is 7.78. The SMILES string of the molecule is CC1=C(C(N)=O)C(C(N)=O)C1. The predicted molar refractivity (Wildman–Crippen MR) is 39.2 cm³/mol. The van der Waals surface area contributed by atoms with Crippen molar-refractivity contribution in [2.24, 2.45) is 17.4 Å². The lowest BCUT2D eigenvalue weighted by Gasteiger charge is -2.26. The highest BCUT2D eigenvalue weighted by molar-refractivity contribution is 6.01. The Kier molecular flexibility index (Phi) is 1.68. The number of amides is 2. The Hall–Kier alpha value is -1.32. The van der Waals surface area contributed by atoms with Crippen LogP contribution in [0.25, 0.3) is 0 Å². The zero-order valence-corrected chi connectivity index (χ0v) is 6.26. The molecule has 0 heterocycles. The zero-order chi connectivity index (χ0) is 8.59. The molecule has 1 atom stereocenters. The molecule has 1 rings (SSSR count). The van der Waals surface area contributed by atoms with Gasteiger partial charge in [0.15, 0.2) is 0 Å². The van der Waals surface area contributed by atoms with Crippen LogP contribution in [0.5, 0.6) is 0 Å². The van der Waals surface area contributed by atoms with E-state index in [9.17, 15) is 9.59 Å². The van der Waals surface area contributed by atoms with Crippen LogP contribution in [0.4, 0.5) is 0 Å². The third kappa shape index (κ3) is 1.11. The van der Waals surface area contributed by atoms with Crippen LogP contribution in [0.1, 0.15) is 13.3 Å². The van der Waals surface area contributed by atoms with Crippen molar-refractivity contribution in [2.45, 2.75) is 13.3 Å². The van der Waals surface area contributed by atoms with Crippen molar-refractivity contribution in [2.75, 3.05) is 0 Å². The van der Waals surface area contributed by atoms with Gasteiger partial charge >= 0.3 is 0 Å². The van der Waals surface area contributed by atoms with Gasteiger partial charge in [-0.1, -0.05) is 5.57 Å². The van der Waals surface area contributed by atoms with Crippen molar-refractivity contribution in [3.8, 4) is 0 Å². The molecule has 0 aromatic rings. The first-order chi connectivity index (χ1) is 5.04. The van der Waals surface area contributed by atoms with Crippen LogP contribution in [0, 0.1) is 5.92 Å². The average molecular weight is 154 g/mol. The van der Waals surface area contributed by atoms with Gasteiger partial charge in [-0.3, -0.25) is 9.59 Å². The minimum atomic E-state index is -0.530. The molecule has 0 fully saturated rings. The molecule has 11 heavy (non-hydrogen) atoms. The van der Waals surface area contributed by atoms with Gasteiger partial charge in [0, 0.05) is 5.57 Å². The van der Waals surface area contributed by atoms with E-state index in [0.29, 0.717) is 12.0 Å². The van der Waals surface area contributed by atoms with E-state index in [-0.39, 0.29) is 0 Å². The van der Waals surface area contributed by atoms with E-state index in [1.54, 1.807) is 6.92 Å². The van der Waals surface area contributed by atoms with Crippen molar-refractivity contribution in [3.05, 3.63) is 11.1 Å². The summed E-state index contributed by atoms with van der Waals surface area (Å²) in [6.45, 7) is 1.78. The molecule has 0 aliphatic heterocycles. The van der Waals surface area contributed by atoms with E-state index in [1.807, 2.05) is 0 Å². The van der Waals surface area contributed by atoms with E-state index < -0.39 is 17.7 Å². The van der Waals surface area contributed by atoms with Gasteiger partial charge in [0.1, 0.15) is 0 Å². The fraction of sp³-hybridized carbons (Fsp3) is 0.429. The normalized spacial score (nSPS) is 22.8. The number of allylic oxidation sites excluding steroid dienone is 1. The zero-order valence-electron chi connectivity index (χ0n) is 6.26. The highest BCUT2D eigenvalue weighted by Gasteiger charge is 2.34. The van der Waals surface area contributed by atoms with Crippen LogP contribution >= 0.6 is 0 Å². The summed E-state index contributed by atoms with van der Waals surface area (Å²) in [4.78, 5) is 21.3. The Morgan fingerprint density at radius 1 is 1.45 bits per heavy atom. The monoisotopic (exact) mass is 154 g/mol. The topological polar surface area (TPSA) is 86.2 Å². The summed E-state index contributed by atoms with van der Waals surface area (Å²) in [6.07, 6.45) is 0.577. The number of carbonyl (C=O) groups is 2. The van der Waals surface area contributed by atoms with E-state index in [2.05, 4.69) is 0 Å². The highest BCUT2D eigenvalue weighted by Crippen LogP contribution is 2.33. The third-order valence-corrected chi connectivity index (χ3v) is 1.93. The number of rotatable bonds is 2. The lowest BCUT2D eigenvalue weighted by molar-refractivity contribution is -0.124. The maximum absolute atomic E-state index is 10.7. The number of primary amides is 2. The van der Waals surface area contributed by atoms with Crippen LogP contribution in [-0.2, 0) is 9.59 Å². The van der Waals surface area contributed by atoms with Gasteiger partial charge in [-0.2, -0.15) is 0 Å². The molecule has 4 N–H and O–H groups in total. The third-order valence-electron chi connectivity index (χ3n) is 1.93. The second-order valence-corrected chi connectivity index (χ2v) is 2.72. The highest BCUT2D eigenvalue weighted by atomic mass is 16.2. The van der Waals surface area contributed by atoms with Gasteiger partial charge in [-0.25, -0.2) is 0 Å². The van der Waals surface area contributed by atoms with E-state index in [4.69, 9.17) is 11.5 Å². The molecule has 4 nitrogen and oxygen atoms in total. The minimum Gasteiger partial charge on any atom is -0.369 e. The Morgan fingerprint density at radius 3 is 2.18 bits per heavy atom. The Morgan fingerprint density at radius 2 is 2.00 bits per heavy atom. The van der Waals surface area contributed by atoms with Gasteiger partial charge in [0.2, 0.25) is 11.8 Å². The molecule has 0 radical (unpaired) electrons. The minimum absolute atomic E-state index is 0.400. The maximum atomic E-state index is 10.7. The predicted octanol–water partition coefficient (Wildman–Crippen LogP) is -0.707. The molecule has 0 aromatic heterocycles. The van der Waals surface area contributed by atoms with Crippen LogP contribution in [-0.4, -0.2) is 11.8 Å². The number of hydrogen-bond acceptors (Lipinski definition) is 2. The van der Waals surface area contributed by atoms with Crippen LogP contribution in [0.3, 0.4) is 0 Å². The molecular formula is C7H10N2O2. The van der Waals surface area contributed by atoms with Crippen LogP contribution in [0.15, 0.2) is 11.1 Å². The number of hydrogen-bond donors (Lipinski definition) is 2. The summed E-state index contributed by atoms with van der Waals surface area (Å²) in [5, 5.41) is 0. The molecule has 0 spiro atoms. The van der Waals surface area contributed by atoms with Crippen molar-refractivity contribution in [3.63, 3.8) is 0 Å². The largest absolute Gasteiger partial charge is 0.369 e. The number of carbonyl (C=O) groups excluding carboxylic acids is 2. The lowest BCUT2D eigenvalue weighted by Crippen LogP contribution is -2.37. The Labute approximate surface area is 64.2 Å². The molecule has 0 bridgehead atoms. The molecule has 0 saturated heterocycles. The maximum Gasteiger partial charge on any atom is 0.245 e. The molecule has 0 saturated carbocycles. The van der Waals surface area contributed by atoms with E-state index >= 15 is 0 Å². The molecule has 1 aliphatic carbocycles. The first-order valence-corrected chi connectivity index (χ1v) is 3.32. The van der Waals surface area contributed by atoms with E-state index in [1.165, 1.54) is 0 Å². The van der Waals surface area contributed by atoms with Gasteiger partial charge in [-0.05, 0) is 13.3 Å².